The SMILES string of the molecule is O=S(=O)(CCc1cccc(CN(Cc2ccc(-c3ccccc3)cc2)S(=O)(=O)c2cc(Cl)cc(Cl)c2O)c1)c1ccc(Oc2ccncc2)cc1. The summed E-state index contributed by atoms with van der Waals surface area (Å²) in [7, 11) is -7.98. The highest BCUT2D eigenvalue weighted by Gasteiger charge is 2.30. The second-order valence-electron chi connectivity index (χ2n) is 11.7. The Morgan fingerprint density at radius 2 is 1.27 bits per heavy atom. The molecule has 6 rings (SSSR count). The van der Waals surface area contributed by atoms with Crippen LogP contribution in [0.4, 0.5) is 0 Å². The normalized spacial score (nSPS) is 11.8. The number of hydrogen-bond acceptors (Lipinski definition) is 7. The van der Waals surface area contributed by atoms with E-state index < -0.39 is 30.5 Å². The van der Waals surface area contributed by atoms with Crippen LogP contribution in [0.25, 0.3) is 11.1 Å². The second-order valence-corrected chi connectivity index (χ2v) is 16.6. The zero-order valence-corrected chi connectivity index (χ0v) is 30.2. The maximum Gasteiger partial charge on any atom is 0.247 e. The van der Waals surface area contributed by atoms with Gasteiger partial charge in [0.25, 0.3) is 0 Å². The molecule has 12 heteroatoms. The van der Waals surface area contributed by atoms with Crippen LogP contribution in [0, 0.1) is 0 Å². The van der Waals surface area contributed by atoms with Crippen molar-refractivity contribution in [3.05, 3.63) is 167 Å². The van der Waals surface area contributed by atoms with Gasteiger partial charge in [-0.25, -0.2) is 16.8 Å². The first kappa shape index (κ1) is 36.1. The van der Waals surface area contributed by atoms with Gasteiger partial charge in [0.1, 0.15) is 16.4 Å². The minimum absolute atomic E-state index is 0.0273. The molecule has 0 unspecified atom stereocenters. The van der Waals surface area contributed by atoms with Crippen LogP contribution in [-0.2, 0) is 39.4 Å². The molecule has 0 saturated carbocycles. The van der Waals surface area contributed by atoms with Gasteiger partial charge < -0.3 is 9.84 Å². The third kappa shape index (κ3) is 8.97. The molecule has 0 radical (unpaired) electrons. The number of sulfone groups is 1. The van der Waals surface area contributed by atoms with Gasteiger partial charge in [0.05, 0.1) is 15.7 Å². The lowest BCUT2D eigenvalue weighted by Crippen LogP contribution is -2.30. The Kier molecular flexibility index (Phi) is 11.1. The molecule has 0 aliphatic heterocycles. The monoisotopic (exact) mass is 758 g/mol. The van der Waals surface area contributed by atoms with Gasteiger partial charge in [-0.3, -0.25) is 4.98 Å². The Labute approximate surface area is 307 Å². The van der Waals surface area contributed by atoms with Crippen LogP contribution in [-0.4, -0.2) is 37.0 Å². The van der Waals surface area contributed by atoms with Crippen LogP contribution in [0.3, 0.4) is 0 Å². The van der Waals surface area contributed by atoms with Gasteiger partial charge in [-0.2, -0.15) is 4.31 Å². The quantitative estimate of drug-likeness (QED) is 0.125. The second kappa shape index (κ2) is 15.7. The molecule has 0 saturated heterocycles. The van der Waals surface area contributed by atoms with E-state index in [0.29, 0.717) is 28.2 Å². The fourth-order valence-corrected chi connectivity index (χ4v) is 8.91. The number of pyridine rings is 1. The first-order valence-corrected chi connectivity index (χ1v) is 19.6. The number of aromatic hydroxyl groups is 1. The van der Waals surface area contributed by atoms with Gasteiger partial charge in [0, 0.05) is 30.5 Å². The van der Waals surface area contributed by atoms with E-state index in [4.69, 9.17) is 27.9 Å². The van der Waals surface area contributed by atoms with Gasteiger partial charge in [0.15, 0.2) is 15.6 Å². The molecule has 0 fully saturated rings. The minimum atomic E-state index is -4.34. The first-order valence-electron chi connectivity index (χ1n) is 15.8. The van der Waals surface area contributed by atoms with Crippen LogP contribution in [0.5, 0.6) is 17.2 Å². The number of phenolic OH excluding ortho intramolecular Hbond substituents is 1. The number of hydrogen-bond donors (Lipinski definition) is 1. The Hall–Kier alpha value is -4.71. The number of rotatable bonds is 13. The Balaban J connectivity index is 1.21. The molecule has 0 atom stereocenters. The lowest BCUT2D eigenvalue weighted by Gasteiger charge is -2.24. The Morgan fingerprint density at radius 3 is 1.98 bits per heavy atom. The lowest BCUT2D eigenvalue weighted by atomic mass is 10.0. The fourth-order valence-electron chi connectivity index (χ4n) is 5.46. The van der Waals surface area contributed by atoms with Crippen molar-refractivity contribution in [1.29, 1.82) is 0 Å². The average Bonchev–Trinajstić information content (AvgIpc) is 3.13. The van der Waals surface area contributed by atoms with E-state index in [1.54, 1.807) is 60.9 Å². The van der Waals surface area contributed by atoms with E-state index in [-0.39, 0.29) is 40.2 Å². The van der Waals surface area contributed by atoms with E-state index in [1.165, 1.54) is 28.6 Å². The zero-order chi connectivity index (χ0) is 36.0. The summed E-state index contributed by atoms with van der Waals surface area (Å²) in [6, 6.07) is 36.5. The molecule has 0 bridgehead atoms. The van der Waals surface area contributed by atoms with Crippen molar-refractivity contribution < 1.29 is 26.7 Å². The predicted octanol–water partition coefficient (Wildman–Crippen LogP) is 8.96. The number of aryl methyl sites for hydroxylation is 1. The highest BCUT2D eigenvalue weighted by atomic mass is 35.5. The Bertz CT molecular complexity index is 2340. The molecule has 0 aliphatic rings. The number of sulfonamides is 1. The summed E-state index contributed by atoms with van der Waals surface area (Å²) in [6.07, 6.45) is 3.40. The van der Waals surface area contributed by atoms with Crippen LogP contribution in [0.2, 0.25) is 10.0 Å². The largest absolute Gasteiger partial charge is 0.505 e. The maximum absolute atomic E-state index is 14.1. The summed E-state index contributed by atoms with van der Waals surface area (Å²) in [5.41, 5.74) is 4.06. The third-order valence-corrected chi connectivity index (χ3v) is 12.2. The standard InChI is InChI=1S/C39H32Cl2N2O6S2/c40-33-24-37(41)39(44)38(25-33)51(47,48)43(26-29-9-11-32(12-10-29)31-7-2-1-3-8-31)27-30-6-4-5-28(23-30)19-22-50(45,46)36-15-13-34(14-16-36)49-35-17-20-42-21-18-35/h1-18,20-21,23-25,44H,19,22,26-27H2. The topological polar surface area (TPSA) is 114 Å². The molecule has 1 N–H and O–H groups in total. The van der Waals surface area contributed by atoms with E-state index in [9.17, 15) is 21.9 Å². The van der Waals surface area contributed by atoms with Crippen molar-refractivity contribution in [2.24, 2.45) is 0 Å². The van der Waals surface area contributed by atoms with E-state index in [2.05, 4.69) is 4.98 Å². The van der Waals surface area contributed by atoms with Crippen molar-refractivity contribution in [2.45, 2.75) is 29.3 Å². The van der Waals surface area contributed by atoms with E-state index >= 15 is 0 Å². The minimum Gasteiger partial charge on any atom is -0.505 e. The molecule has 1 heterocycles. The number of aromatic nitrogens is 1. The van der Waals surface area contributed by atoms with Gasteiger partial charge in [-0.1, -0.05) is 102 Å². The van der Waals surface area contributed by atoms with Crippen molar-refractivity contribution in [1.82, 2.24) is 9.29 Å². The third-order valence-electron chi connectivity index (χ3n) is 8.11. The summed E-state index contributed by atoms with van der Waals surface area (Å²) in [5.74, 6) is 0.321. The summed E-state index contributed by atoms with van der Waals surface area (Å²) in [6.45, 7) is -0.105. The van der Waals surface area contributed by atoms with Crippen LogP contribution in [0.15, 0.2) is 150 Å². The molecule has 6 aromatic rings. The lowest BCUT2D eigenvalue weighted by molar-refractivity contribution is 0.394. The molecule has 51 heavy (non-hydrogen) atoms. The van der Waals surface area contributed by atoms with Crippen molar-refractivity contribution in [3.8, 4) is 28.4 Å². The predicted molar refractivity (Wildman–Crippen MR) is 199 cm³/mol. The van der Waals surface area contributed by atoms with E-state index in [1.807, 2.05) is 54.6 Å². The molecule has 1 aromatic heterocycles. The molecular weight excluding hydrogens is 727 g/mol. The summed E-state index contributed by atoms with van der Waals surface area (Å²) >= 11 is 12.3. The van der Waals surface area contributed by atoms with Gasteiger partial charge in [0.2, 0.25) is 10.0 Å². The number of halogens is 2. The highest BCUT2D eigenvalue weighted by Crippen LogP contribution is 2.37. The number of ether oxygens (including phenoxy) is 1. The van der Waals surface area contributed by atoms with Gasteiger partial charge >= 0.3 is 0 Å². The number of nitrogens with zero attached hydrogens (tertiary/aromatic N) is 2. The van der Waals surface area contributed by atoms with Crippen LogP contribution >= 0.6 is 23.2 Å². The summed E-state index contributed by atoms with van der Waals surface area (Å²) < 4.78 is 61.7. The van der Waals surface area contributed by atoms with Gasteiger partial charge in [-0.15, -0.1) is 0 Å². The van der Waals surface area contributed by atoms with Crippen molar-refractivity contribution >= 4 is 43.1 Å². The van der Waals surface area contributed by atoms with Crippen LogP contribution < -0.4 is 4.74 Å². The van der Waals surface area contributed by atoms with Crippen LogP contribution in [0.1, 0.15) is 16.7 Å². The maximum atomic E-state index is 14.1. The number of phenols is 1. The van der Waals surface area contributed by atoms with Crippen molar-refractivity contribution in [3.63, 3.8) is 0 Å². The zero-order valence-electron chi connectivity index (χ0n) is 27.1. The molecule has 0 amide bonds. The number of benzene rings is 5. The summed E-state index contributed by atoms with van der Waals surface area (Å²) in [5, 5.41) is 10.6. The molecule has 0 spiro atoms. The summed E-state index contributed by atoms with van der Waals surface area (Å²) in [4.78, 5) is 3.70. The van der Waals surface area contributed by atoms with E-state index in [0.717, 1.165) is 11.1 Å². The highest BCUT2D eigenvalue weighted by molar-refractivity contribution is 7.91. The van der Waals surface area contributed by atoms with Gasteiger partial charge in [-0.05, 0) is 82.8 Å². The fraction of sp³-hybridized carbons (Fsp3) is 0.103. The molecule has 5 aromatic carbocycles. The van der Waals surface area contributed by atoms with Crippen molar-refractivity contribution in [2.75, 3.05) is 5.75 Å². The molecule has 8 nitrogen and oxygen atoms in total. The molecule has 260 valence electrons. The molecular formula is C39H32Cl2N2O6S2. The smallest absolute Gasteiger partial charge is 0.247 e. The molecule has 0 aliphatic carbocycles. The first-order chi connectivity index (χ1) is 24.5. The Morgan fingerprint density at radius 1 is 0.647 bits per heavy atom. The average molecular weight is 760 g/mol.